The minimum atomic E-state index is -0.552. The van der Waals surface area contributed by atoms with E-state index in [0.29, 0.717) is 12.5 Å². The van der Waals surface area contributed by atoms with Gasteiger partial charge in [-0.25, -0.2) is 0 Å². The van der Waals surface area contributed by atoms with E-state index >= 15 is 0 Å². The van der Waals surface area contributed by atoms with E-state index in [4.69, 9.17) is 0 Å². The Morgan fingerprint density at radius 1 is 1.29 bits per heavy atom. The Balaban J connectivity index is 1.95. The summed E-state index contributed by atoms with van der Waals surface area (Å²) in [5.41, 5.74) is 2.16. The van der Waals surface area contributed by atoms with E-state index in [-0.39, 0.29) is 0 Å². The van der Waals surface area contributed by atoms with Crippen molar-refractivity contribution in [1.82, 2.24) is 5.32 Å². The monoisotopic (exact) mass is 233 g/mol. The molecular weight excluding hydrogens is 210 g/mol. The van der Waals surface area contributed by atoms with Gasteiger partial charge in [0.2, 0.25) is 0 Å². The fourth-order valence-electron chi connectivity index (χ4n) is 2.53. The van der Waals surface area contributed by atoms with Crippen LogP contribution in [0.3, 0.4) is 0 Å². The highest BCUT2D eigenvalue weighted by Crippen LogP contribution is 2.28. The van der Waals surface area contributed by atoms with Gasteiger partial charge in [0.05, 0.1) is 5.60 Å². The molecule has 94 valence electrons. The SMILES string of the molecule is CC(C)CNCC1(O)CCc2ccccc2C1. The zero-order valence-corrected chi connectivity index (χ0v) is 10.9. The largest absolute Gasteiger partial charge is 0.388 e. The molecule has 0 aliphatic heterocycles. The summed E-state index contributed by atoms with van der Waals surface area (Å²) in [6.07, 6.45) is 2.65. The van der Waals surface area contributed by atoms with E-state index in [1.54, 1.807) is 0 Å². The molecule has 2 heteroatoms. The molecule has 1 unspecified atom stereocenters. The molecule has 0 fully saturated rings. The lowest BCUT2D eigenvalue weighted by Gasteiger charge is -2.34. The summed E-state index contributed by atoms with van der Waals surface area (Å²) in [5, 5.41) is 13.9. The van der Waals surface area contributed by atoms with Crippen LogP contribution < -0.4 is 5.32 Å². The molecule has 1 aliphatic rings. The predicted molar refractivity (Wildman–Crippen MR) is 71.1 cm³/mol. The minimum absolute atomic E-state index is 0.552. The summed E-state index contributed by atoms with van der Waals surface area (Å²) >= 11 is 0. The van der Waals surface area contributed by atoms with Crippen LogP contribution in [0.4, 0.5) is 0 Å². The van der Waals surface area contributed by atoms with Crippen LogP contribution in [0.25, 0.3) is 0 Å². The molecule has 0 saturated carbocycles. The van der Waals surface area contributed by atoms with Crippen molar-refractivity contribution in [3.05, 3.63) is 35.4 Å². The zero-order valence-electron chi connectivity index (χ0n) is 10.9. The number of nitrogens with one attached hydrogen (secondary N) is 1. The Labute approximate surface area is 104 Å². The van der Waals surface area contributed by atoms with Crippen molar-refractivity contribution < 1.29 is 5.11 Å². The second-order valence-electron chi connectivity index (χ2n) is 5.69. The molecule has 2 rings (SSSR count). The quantitative estimate of drug-likeness (QED) is 0.835. The van der Waals surface area contributed by atoms with Crippen LogP contribution >= 0.6 is 0 Å². The standard InChI is InChI=1S/C15H23NO/c1-12(2)10-16-11-15(17)8-7-13-5-3-4-6-14(13)9-15/h3-6,12,16-17H,7-11H2,1-2H3. The van der Waals surface area contributed by atoms with E-state index in [1.807, 2.05) is 0 Å². The van der Waals surface area contributed by atoms with Gasteiger partial charge in [0.1, 0.15) is 0 Å². The maximum absolute atomic E-state index is 10.6. The molecule has 0 amide bonds. The highest BCUT2D eigenvalue weighted by atomic mass is 16.3. The second-order valence-corrected chi connectivity index (χ2v) is 5.69. The lowest BCUT2D eigenvalue weighted by atomic mass is 9.80. The van der Waals surface area contributed by atoms with Crippen LogP contribution in [0.5, 0.6) is 0 Å². The first-order valence-corrected chi connectivity index (χ1v) is 6.59. The molecule has 2 nitrogen and oxygen atoms in total. The average molecular weight is 233 g/mol. The van der Waals surface area contributed by atoms with Gasteiger partial charge in [0.15, 0.2) is 0 Å². The lowest BCUT2D eigenvalue weighted by Crippen LogP contribution is -2.45. The van der Waals surface area contributed by atoms with Gasteiger partial charge >= 0.3 is 0 Å². The van der Waals surface area contributed by atoms with Gasteiger partial charge < -0.3 is 10.4 Å². The number of fused-ring (bicyclic) bond motifs is 1. The van der Waals surface area contributed by atoms with Crippen LogP contribution in [0.1, 0.15) is 31.4 Å². The molecule has 1 aromatic rings. The summed E-state index contributed by atoms with van der Waals surface area (Å²) in [6.45, 7) is 6.06. The number of hydrogen-bond donors (Lipinski definition) is 2. The fraction of sp³-hybridized carbons (Fsp3) is 0.600. The van der Waals surface area contributed by atoms with Gasteiger partial charge in [0, 0.05) is 13.0 Å². The molecule has 0 bridgehead atoms. The number of aryl methyl sites for hydroxylation is 1. The van der Waals surface area contributed by atoms with E-state index in [9.17, 15) is 5.11 Å². The highest BCUT2D eigenvalue weighted by molar-refractivity contribution is 5.31. The van der Waals surface area contributed by atoms with Gasteiger partial charge in [-0.1, -0.05) is 38.1 Å². The van der Waals surface area contributed by atoms with Crippen LogP contribution in [-0.4, -0.2) is 23.8 Å². The van der Waals surface area contributed by atoms with Gasteiger partial charge in [-0.05, 0) is 36.4 Å². The van der Waals surface area contributed by atoms with E-state index in [2.05, 4.69) is 43.4 Å². The lowest BCUT2D eigenvalue weighted by molar-refractivity contribution is 0.0263. The molecule has 0 heterocycles. The van der Waals surface area contributed by atoms with Crippen molar-refractivity contribution in [3.8, 4) is 0 Å². The van der Waals surface area contributed by atoms with Crippen LogP contribution in [0.2, 0.25) is 0 Å². The molecule has 0 saturated heterocycles. The summed E-state index contributed by atoms with van der Waals surface area (Å²) in [6, 6.07) is 8.46. The fourth-order valence-corrected chi connectivity index (χ4v) is 2.53. The number of benzene rings is 1. The van der Waals surface area contributed by atoms with Crippen molar-refractivity contribution in [2.24, 2.45) is 5.92 Å². The van der Waals surface area contributed by atoms with Crippen molar-refractivity contribution in [2.75, 3.05) is 13.1 Å². The van der Waals surface area contributed by atoms with Crippen molar-refractivity contribution in [1.29, 1.82) is 0 Å². The third-order valence-corrected chi connectivity index (χ3v) is 3.50. The molecule has 1 aromatic carbocycles. The third kappa shape index (κ3) is 3.30. The Kier molecular flexibility index (Phi) is 3.85. The predicted octanol–water partition coefficient (Wildman–Crippen LogP) is 2.15. The van der Waals surface area contributed by atoms with Gasteiger partial charge in [0.25, 0.3) is 0 Å². The van der Waals surface area contributed by atoms with E-state index in [1.165, 1.54) is 11.1 Å². The van der Waals surface area contributed by atoms with Gasteiger partial charge in [-0.2, -0.15) is 0 Å². The molecule has 2 N–H and O–H groups in total. The number of hydrogen-bond acceptors (Lipinski definition) is 2. The van der Waals surface area contributed by atoms with E-state index < -0.39 is 5.60 Å². The normalized spacial score (nSPS) is 23.8. The first-order chi connectivity index (χ1) is 8.09. The molecule has 1 aliphatic carbocycles. The molecule has 0 radical (unpaired) electrons. The van der Waals surface area contributed by atoms with Gasteiger partial charge in [-0.15, -0.1) is 0 Å². The number of aliphatic hydroxyl groups is 1. The maximum atomic E-state index is 10.6. The molecule has 0 spiro atoms. The summed E-state index contributed by atoms with van der Waals surface area (Å²) in [4.78, 5) is 0. The van der Waals surface area contributed by atoms with Crippen LogP contribution in [0.15, 0.2) is 24.3 Å². The van der Waals surface area contributed by atoms with Crippen LogP contribution in [-0.2, 0) is 12.8 Å². The maximum Gasteiger partial charge on any atom is 0.0814 e. The van der Waals surface area contributed by atoms with Crippen molar-refractivity contribution in [2.45, 2.75) is 38.7 Å². The van der Waals surface area contributed by atoms with Crippen molar-refractivity contribution in [3.63, 3.8) is 0 Å². The molecule has 1 atom stereocenters. The zero-order chi connectivity index (χ0) is 12.3. The summed E-state index contributed by atoms with van der Waals surface area (Å²) in [5.74, 6) is 0.634. The van der Waals surface area contributed by atoms with Crippen molar-refractivity contribution >= 4 is 0 Å². The molecular formula is C15H23NO. The highest BCUT2D eigenvalue weighted by Gasteiger charge is 2.31. The van der Waals surface area contributed by atoms with Crippen LogP contribution in [0, 0.1) is 5.92 Å². The third-order valence-electron chi connectivity index (χ3n) is 3.50. The smallest absolute Gasteiger partial charge is 0.0814 e. The summed E-state index contributed by atoms with van der Waals surface area (Å²) in [7, 11) is 0. The molecule has 17 heavy (non-hydrogen) atoms. The molecule has 0 aromatic heterocycles. The second kappa shape index (κ2) is 5.19. The van der Waals surface area contributed by atoms with E-state index in [0.717, 1.165) is 25.8 Å². The van der Waals surface area contributed by atoms with Gasteiger partial charge in [-0.3, -0.25) is 0 Å². The number of rotatable bonds is 4. The first-order valence-electron chi connectivity index (χ1n) is 6.59. The summed E-state index contributed by atoms with van der Waals surface area (Å²) < 4.78 is 0. The Hall–Kier alpha value is -0.860. The Bertz CT molecular complexity index is 375. The minimum Gasteiger partial charge on any atom is -0.388 e. The first kappa shape index (κ1) is 12.6. The Morgan fingerprint density at radius 3 is 2.71 bits per heavy atom. The average Bonchev–Trinajstić information content (AvgIpc) is 2.28. The topological polar surface area (TPSA) is 32.3 Å². The Morgan fingerprint density at radius 2 is 2.00 bits per heavy atom.